The average molecular weight is 269 g/mol. The quantitative estimate of drug-likeness (QED) is 0.858. The number of imidazole rings is 1. The second-order valence-corrected chi connectivity index (χ2v) is 4.40. The van der Waals surface area contributed by atoms with Gasteiger partial charge in [-0.3, -0.25) is 9.36 Å². The molecule has 18 heavy (non-hydrogen) atoms. The molecule has 2 rings (SSSR count). The van der Waals surface area contributed by atoms with E-state index in [1.165, 1.54) is 13.3 Å². The average Bonchev–Trinajstić information content (AvgIpc) is 2.63. The number of rotatable bonds is 3. The van der Waals surface area contributed by atoms with Crippen LogP contribution in [-0.4, -0.2) is 27.6 Å². The number of nitrogen functional groups attached to an aromatic ring is 1. The van der Waals surface area contributed by atoms with Crippen LogP contribution in [0.15, 0.2) is 12.3 Å². The summed E-state index contributed by atoms with van der Waals surface area (Å²) in [5.74, 6) is -0.00566. The molecule has 0 fully saturated rings. The molecule has 0 saturated heterocycles. The van der Waals surface area contributed by atoms with E-state index < -0.39 is 0 Å². The summed E-state index contributed by atoms with van der Waals surface area (Å²) in [5.41, 5.74) is 7.05. The normalized spacial score (nSPS) is 12.6. The van der Waals surface area contributed by atoms with Gasteiger partial charge in [0.2, 0.25) is 5.95 Å². The second-order valence-electron chi connectivity index (χ2n) is 3.97. The largest absolute Gasteiger partial charge is 0.469 e. The van der Waals surface area contributed by atoms with Crippen molar-refractivity contribution >= 4 is 34.7 Å². The molecule has 1 atom stereocenters. The summed E-state index contributed by atoms with van der Waals surface area (Å²) < 4.78 is 6.33. The van der Waals surface area contributed by atoms with E-state index in [1.807, 2.05) is 6.92 Å². The minimum atomic E-state index is -0.308. The van der Waals surface area contributed by atoms with Crippen LogP contribution < -0.4 is 5.73 Å². The monoisotopic (exact) mass is 268 g/mol. The smallest absolute Gasteiger partial charge is 0.307 e. The zero-order valence-corrected chi connectivity index (χ0v) is 10.8. The molecular formula is C11H13ClN4O2. The van der Waals surface area contributed by atoms with Gasteiger partial charge in [-0.05, 0) is 13.0 Å². The van der Waals surface area contributed by atoms with Crippen LogP contribution in [0.2, 0.25) is 5.02 Å². The number of pyridine rings is 1. The third-order valence-corrected chi connectivity index (χ3v) is 2.86. The van der Waals surface area contributed by atoms with Crippen molar-refractivity contribution in [3.05, 3.63) is 17.3 Å². The van der Waals surface area contributed by atoms with Crippen LogP contribution in [0.1, 0.15) is 19.4 Å². The van der Waals surface area contributed by atoms with Gasteiger partial charge < -0.3 is 10.5 Å². The highest BCUT2D eigenvalue weighted by molar-refractivity contribution is 6.31. The van der Waals surface area contributed by atoms with Gasteiger partial charge in [0.15, 0.2) is 5.65 Å². The predicted octanol–water partition coefficient (Wildman–Crippen LogP) is 1.79. The molecule has 0 amide bonds. The molecule has 0 aliphatic rings. The third kappa shape index (κ3) is 2.24. The van der Waals surface area contributed by atoms with Gasteiger partial charge in [-0.25, -0.2) is 9.97 Å². The summed E-state index contributed by atoms with van der Waals surface area (Å²) in [6.45, 7) is 1.85. The van der Waals surface area contributed by atoms with Gasteiger partial charge >= 0.3 is 5.97 Å². The summed E-state index contributed by atoms with van der Waals surface area (Å²) in [4.78, 5) is 19.6. The molecule has 0 spiro atoms. The van der Waals surface area contributed by atoms with Gasteiger partial charge in [-0.15, -0.1) is 0 Å². The maximum Gasteiger partial charge on any atom is 0.307 e. The number of ether oxygens (including phenoxy) is 1. The Labute approximate surface area is 109 Å². The first-order chi connectivity index (χ1) is 8.52. The third-order valence-electron chi connectivity index (χ3n) is 2.65. The minimum Gasteiger partial charge on any atom is -0.469 e. The van der Waals surface area contributed by atoms with E-state index >= 15 is 0 Å². The number of carbonyl (C=O) groups excluding carboxylic acids is 1. The van der Waals surface area contributed by atoms with Crippen LogP contribution in [0.3, 0.4) is 0 Å². The van der Waals surface area contributed by atoms with E-state index in [0.717, 1.165) is 0 Å². The molecule has 7 heteroatoms. The van der Waals surface area contributed by atoms with Crippen molar-refractivity contribution in [1.82, 2.24) is 14.5 Å². The SMILES string of the molecule is COC(=O)CC(C)n1c(N)nc2cc(Cl)cnc21. The van der Waals surface area contributed by atoms with Gasteiger partial charge in [0.25, 0.3) is 0 Å². The topological polar surface area (TPSA) is 83.0 Å². The molecular weight excluding hydrogens is 256 g/mol. The van der Waals surface area contributed by atoms with Gasteiger partial charge in [0, 0.05) is 12.2 Å². The van der Waals surface area contributed by atoms with Crippen LogP contribution in [-0.2, 0) is 9.53 Å². The molecule has 0 saturated carbocycles. The predicted molar refractivity (Wildman–Crippen MR) is 68.3 cm³/mol. The highest BCUT2D eigenvalue weighted by atomic mass is 35.5. The molecule has 0 radical (unpaired) electrons. The van der Waals surface area contributed by atoms with Gasteiger partial charge in [-0.1, -0.05) is 11.6 Å². The Morgan fingerprint density at radius 1 is 1.67 bits per heavy atom. The fraction of sp³-hybridized carbons (Fsp3) is 0.364. The maximum absolute atomic E-state index is 11.3. The Balaban J connectivity index is 2.43. The van der Waals surface area contributed by atoms with Gasteiger partial charge in [0.1, 0.15) is 5.52 Å². The van der Waals surface area contributed by atoms with Crippen LogP contribution in [0.25, 0.3) is 11.2 Å². The molecule has 1 unspecified atom stereocenters. The number of methoxy groups -OCH3 is 1. The van der Waals surface area contributed by atoms with Crippen molar-refractivity contribution < 1.29 is 9.53 Å². The zero-order chi connectivity index (χ0) is 13.3. The zero-order valence-electron chi connectivity index (χ0n) is 10.1. The molecule has 2 aromatic heterocycles. The lowest BCUT2D eigenvalue weighted by molar-refractivity contribution is -0.141. The van der Waals surface area contributed by atoms with E-state index in [0.29, 0.717) is 22.1 Å². The van der Waals surface area contributed by atoms with Crippen molar-refractivity contribution in [1.29, 1.82) is 0 Å². The molecule has 2 N–H and O–H groups in total. The Bertz CT molecular complexity index is 596. The lowest BCUT2D eigenvalue weighted by Crippen LogP contribution is -2.14. The van der Waals surface area contributed by atoms with Crippen LogP contribution in [0.5, 0.6) is 0 Å². The number of nitrogens with zero attached hydrogens (tertiary/aromatic N) is 3. The van der Waals surface area contributed by atoms with Crippen molar-refractivity contribution in [2.75, 3.05) is 12.8 Å². The molecule has 2 aromatic rings. The molecule has 96 valence electrons. The lowest BCUT2D eigenvalue weighted by atomic mass is 10.2. The van der Waals surface area contributed by atoms with E-state index in [-0.39, 0.29) is 18.4 Å². The Morgan fingerprint density at radius 2 is 2.39 bits per heavy atom. The number of anilines is 1. The van der Waals surface area contributed by atoms with Crippen LogP contribution >= 0.6 is 11.6 Å². The number of carbonyl (C=O) groups is 1. The van der Waals surface area contributed by atoms with E-state index in [1.54, 1.807) is 10.6 Å². The first-order valence-electron chi connectivity index (χ1n) is 5.38. The van der Waals surface area contributed by atoms with E-state index in [4.69, 9.17) is 17.3 Å². The molecule has 0 aliphatic carbocycles. The highest BCUT2D eigenvalue weighted by Crippen LogP contribution is 2.24. The van der Waals surface area contributed by atoms with Gasteiger partial charge in [-0.2, -0.15) is 0 Å². The molecule has 0 aromatic carbocycles. The summed E-state index contributed by atoms with van der Waals surface area (Å²) in [5, 5.41) is 0.493. The fourth-order valence-corrected chi connectivity index (χ4v) is 1.98. The number of fused-ring (bicyclic) bond motifs is 1. The highest BCUT2D eigenvalue weighted by Gasteiger charge is 2.18. The summed E-state index contributed by atoms with van der Waals surface area (Å²) in [7, 11) is 1.35. The molecule has 6 nitrogen and oxygen atoms in total. The fourth-order valence-electron chi connectivity index (χ4n) is 1.83. The van der Waals surface area contributed by atoms with Crippen molar-refractivity contribution in [2.24, 2.45) is 0 Å². The number of esters is 1. The van der Waals surface area contributed by atoms with Crippen molar-refractivity contribution in [2.45, 2.75) is 19.4 Å². The number of hydrogen-bond acceptors (Lipinski definition) is 5. The number of halogens is 1. The van der Waals surface area contributed by atoms with E-state index in [9.17, 15) is 4.79 Å². The number of hydrogen-bond donors (Lipinski definition) is 1. The summed E-state index contributed by atoms with van der Waals surface area (Å²) in [6.07, 6.45) is 1.73. The molecule has 0 bridgehead atoms. The van der Waals surface area contributed by atoms with E-state index in [2.05, 4.69) is 14.7 Å². The standard InChI is InChI=1S/C11H13ClN4O2/c1-6(3-9(17)18-2)16-10-8(15-11(16)13)4-7(12)5-14-10/h4-6H,3H2,1-2H3,(H2,13,15). The van der Waals surface area contributed by atoms with Crippen molar-refractivity contribution in [3.63, 3.8) is 0 Å². The Hall–Kier alpha value is -1.82. The maximum atomic E-state index is 11.3. The number of nitrogens with two attached hydrogens (primary N) is 1. The Kier molecular flexibility index (Phi) is 3.38. The molecule has 0 aliphatic heterocycles. The first kappa shape index (κ1) is 12.6. The van der Waals surface area contributed by atoms with Crippen molar-refractivity contribution in [3.8, 4) is 0 Å². The van der Waals surface area contributed by atoms with Gasteiger partial charge in [0.05, 0.1) is 18.6 Å². The minimum absolute atomic E-state index is 0.184. The summed E-state index contributed by atoms with van der Waals surface area (Å²) in [6, 6.07) is 1.50. The molecule has 2 heterocycles. The first-order valence-corrected chi connectivity index (χ1v) is 5.76. The number of aromatic nitrogens is 3. The van der Waals surface area contributed by atoms with Crippen LogP contribution in [0.4, 0.5) is 5.95 Å². The summed E-state index contributed by atoms with van der Waals surface area (Å²) >= 11 is 5.84. The Morgan fingerprint density at radius 3 is 3.06 bits per heavy atom. The lowest BCUT2D eigenvalue weighted by Gasteiger charge is -2.13. The van der Waals surface area contributed by atoms with Crippen LogP contribution in [0, 0.1) is 0 Å². The second kappa shape index (κ2) is 4.81.